The maximum atomic E-state index is 11.8. The zero-order chi connectivity index (χ0) is 16.6. The largest absolute Gasteiger partial charge is 0.484 e. The monoisotopic (exact) mass is 349 g/mol. The molecule has 8 heteroatoms. The van der Waals surface area contributed by atoms with Crippen LogP contribution in [0.5, 0.6) is 5.75 Å². The molecule has 128 valence electrons. The fraction of sp³-hybridized carbons (Fsp3) is 0.438. The van der Waals surface area contributed by atoms with Gasteiger partial charge in [-0.25, -0.2) is 0 Å². The molecular weight excluding hydrogens is 330 g/mol. The Morgan fingerprint density at radius 2 is 2.21 bits per heavy atom. The van der Waals surface area contributed by atoms with Gasteiger partial charge in [-0.3, -0.25) is 4.79 Å². The second-order valence-corrected chi connectivity index (χ2v) is 6.22. The Bertz CT molecular complexity index is 644. The molecule has 1 N–H and O–H groups in total. The van der Waals surface area contributed by atoms with Gasteiger partial charge in [0.1, 0.15) is 5.75 Å². The van der Waals surface area contributed by atoms with Crippen molar-refractivity contribution in [1.82, 2.24) is 15.5 Å². The van der Waals surface area contributed by atoms with Crippen LogP contribution >= 0.6 is 11.8 Å². The first kappa shape index (κ1) is 16.8. The molecular formula is C16H19N3O4S. The zero-order valence-corrected chi connectivity index (χ0v) is 14.0. The summed E-state index contributed by atoms with van der Waals surface area (Å²) >= 11 is 1.20. The lowest BCUT2D eigenvalue weighted by molar-refractivity contribution is -0.119. The Labute approximate surface area is 144 Å². The van der Waals surface area contributed by atoms with E-state index in [0.717, 1.165) is 25.2 Å². The molecule has 1 aromatic heterocycles. The third-order valence-electron chi connectivity index (χ3n) is 3.43. The molecule has 1 atom stereocenters. The number of carbonyl (C=O) groups excluding carboxylic acids is 1. The summed E-state index contributed by atoms with van der Waals surface area (Å²) in [5.74, 6) is 1.27. The molecule has 1 aliphatic heterocycles. The molecule has 0 radical (unpaired) electrons. The highest BCUT2D eigenvalue weighted by atomic mass is 32.2. The van der Waals surface area contributed by atoms with E-state index >= 15 is 0 Å². The smallest absolute Gasteiger partial charge is 0.277 e. The van der Waals surface area contributed by atoms with Crippen LogP contribution in [0.2, 0.25) is 0 Å². The van der Waals surface area contributed by atoms with Crippen molar-refractivity contribution in [3.8, 4) is 5.75 Å². The second kappa shape index (κ2) is 8.70. The van der Waals surface area contributed by atoms with Crippen molar-refractivity contribution in [2.75, 3.05) is 18.9 Å². The average Bonchev–Trinajstić information content (AvgIpc) is 3.29. The van der Waals surface area contributed by atoms with Crippen molar-refractivity contribution in [1.29, 1.82) is 0 Å². The van der Waals surface area contributed by atoms with E-state index in [9.17, 15) is 4.79 Å². The molecule has 0 bridgehead atoms. The molecule has 2 heterocycles. The molecule has 1 amide bonds. The minimum Gasteiger partial charge on any atom is -0.484 e. The number of carbonyl (C=O) groups is 1. The molecule has 1 unspecified atom stereocenters. The summed E-state index contributed by atoms with van der Waals surface area (Å²) in [4.78, 5) is 11.8. The highest BCUT2D eigenvalue weighted by molar-refractivity contribution is 7.99. The normalized spacial score (nSPS) is 16.9. The van der Waals surface area contributed by atoms with Crippen molar-refractivity contribution in [2.45, 2.75) is 30.8 Å². The summed E-state index contributed by atoms with van der Waals surface area (Å²) in [6, 6.07) is 9.40. The lowest BCUT2D eigenvalue weighted by Crippen LogP contribution is -2.32. The van der Waals surface area contributed by atoms with Gasteiger partial charge >= 0.3 is 0 Å². The van der Waals surface area contributed by atoms with E-state index in [1.54, 1.807) is 0 Å². The number of aromatic nitrogens is 2. The van der Waals surface area contributed by atoms with Gasteiger partial charge in [-0.2, -0.15) is 0 Å². The third-order valence-corrected chi connectivity index (χ3v) is 4.25. The molecule has 7 nitrogen and oxygen atoms in total. The van der Waals surface area contributed by atoms with Crippen LogP contribution in [-0.2, 0) is 16.1 Å². The summed E-state index contributed by atoms with van der Waals surface area (Å²) in [5, 5.41) is 11.0. The molecule has 1 fully saturated rings. The van der Waals surface area contributed by atoms with Crippen LogP contribution in [-0.4, -0.2) is 41.1 Å². The topological polar surface area (TPSA) is 86.5 Å². The molecule has 2 aromatic rings. The van der Waals surface area contributed by atoms with E-state index in [1.165, 1.54) is 11.8 Å². The van der Waals surface area contributed by atoms with E-state index in [-0.39, 0.29) is 24.4 Å². The number of nitrogens with one attached hydrogen (secondary N) is 1. The fourth-order valence-corrected chi connectivity index (χ4v) is 2.84. The van der Waals surface area contributed by atoms with E-state index in [1.807, 2.05) is 30.3 Å². The van der Waals surface area contributed by atoms with Gasteiger partial charge in [0.2, 0.25) is 5.91 Å². The van der Waals surface area contributed by atoms with Crippen LogP contribution in [0.4, 0.5) is 0 Å². The highest BCUT2D eigenvalue weighted by Crippen LogP contribution is 2.17. The van der Waals surface area contributed by atoms with Crippen molar-refractivity contribution < 1.29 is 18.7 Å². The summed E-state index contributed by atoms with van der Waals surface area (Å²) in [6.45, 7) is 1.54. The standard InChI is InChI=1S/C16H19N3O4S/c20-14(17-9-13-7-4-8-21-13)11-24-16-19-18-15(23-16)10-22-12-5-2-1-3-6-12/h1-3,5-6,13H,4,7-11H2,(H,17,20). The van der Waals surface area contributed by atoms with Crippen LogP contribution in [0.15, 0.2) is 40.0 Å². The number of hydrogen-bond acceptors (Lipinski definition) is 7. The molecule has 0 aliphatic carbocycles. The third kappa shape index (κ3) is 5.24. The molecule has 1 aromatic carbocycles. The summed E-state index contributed by atoms with van der Waals surface area (Å²) in [6.07, 6.45) is 2.21. The van der Waals surface area contributed by atoms with Crippen LogP contribution in [0.25, 0.3) is 0 Å². The molecule has 3 rings (SSSR count). The second-order valence-electron chi connectivity index (χ2n) is 5.29. The van der Waals surface area contributed by atoms with Crippen molar-refractivity contribution in [3.63, 3.8) is 0 Å². The summed E-state index contributed by atoms with van der Waals surface area (Å²) in [7, 11) is 0. The minimum atomic E-state index is -0.0733. The van der Waals surface area contributed by atoms with Gasteiger partial charge in [-0.15, -0.1) is 10.2 Å². The maximum Gasteiger partial charge on any atom is 0.277 e. The fourth-order valence-electron chi connectivity index (χ4n) is 2.23. The van der Waals surface area contributed by atoms with Crippen molar-refractivity contribution in [3.05, 3.63) is 36.2 Å². The first-order chi connectivity index (χ1) is 11.8. The number of nitrogens with zero attached hydrogens (tertiary/aromatic N) is 2. The quantitative estimate of drug-likeness (QED) is 0.730. The van der Waals surface area contributed by atoms with Gasteiger partial charge in [-0.1, -0.05) is 30.0 Å². The van der Waals surface area contributed by atoms with E-state index in [0.29, 0.717) is 17.7 Å². The van der Waals surface area contributed by atoms with Crippen molar-refractivity contribution in [2.24, 2.45) is 0 Å². The Morgan fingerprint density at radius 1 is 1.33 bits per heavy atom. The van der Waals surface area contributed by atoms with Gasteiger partial charge in [0, 0.05) is 13.2 Å². The minimum absolute atomic E-state index is 0.0733. The Morgan fingerprint density at radius 3 is 3.00 bits per heavy atom. The number of ether oxygens (including phenoxy) is 2. The highest BCUT2D eigenvalue weighted by Gasteiger charge is 2.16. The summed E-state index contributed by atoms with van der Waals surface area (Å²) in [5.41, 5.74) is 0. The molecule has 24 heavy (non-hydrogen) atoms. The van der Waals surface area contributed by atoms with Crippen LogP contribution in [0.3, 0.4) is 0 Å². The van der Waals surface area contributed by atoms with Gasteiger partial charge < -0.3 is 19.2 Å². The first-order valence-corrected chi connectivity index (χ1v) is 8.79. The number of benzene rings is 1. The predicted octanol–water partition coefficient (Wildman–Crippen LogP) is 2.04. The number of amides is 1. The van der Waals surface area contributed by atoms with Crippen LogP contribution < -0.4 is 10.1 Å². The number of para-hydroxylation sites is 1. The number of hydrogen-bond donors (Lipinski definition) is 1. The Hall–Kier alpha value is -2.06. The number of rotatable bonds is 8. The van der Waals surface area contributed by atoms with E-state index in [4.69, 9.17) is 13.9 Å². The number of thioether (sulfide) groups is 1. The first-order valence-electron chi connectivity index (χ1n) is 7.81. The van der Waals surface area contributed by atoms with E-state index in [2.05, 4.69) is 15.5 Å². The predicted molar refractivity (Wildman–Crippen MR) is 87.8 cm³/mol. The van der Waals surface area contributed by atoms with Gasteiger partial charge in [-0.05, 0) is 25.0 Å². The zero-order valence-electron chi connectivity index (χ0n) is 13.1. The average molecular weight is 349 g/mol. The SMILES string of the molecule is O=C(CSc1nnc(COc2ccccc2)o1)NCC1CCCO1. The maximum absolute atomic E-state index is 11.8. The lowest BCUT2D eigenvalue weighted by Gasteiger charge is -2.09. The van der Waals surface area contributed by atoms with Gasteiger partial charge in [0.15, 0.2) is 6.61 Å². The summed E-state index contributed by atoms with van der Waals surface area (Å²) < 4.78 is 16.4. The van der Waals surface area contributed by atoms with Gasteiger partial charge in [0.05, 0.1) is 11.9 Å². The molecule has 1 saturated heterocycles. The van der Waals surface area contributed by atoms with Gasteiger partial charge in [0.25, 0.3) is 11.1 Å². The van der Waals surface area contributed by atoms with E-state index < -0.39 is 0 Å². The van der Waals surface area contributed by atoms with Crippen LogP contribution in [0, 0.1) is 0 Å². The molecule has 0 spiro atoms. The van der Waals surface area contributed by atoms with Crippen LogP contribution in [0.1, 0.15) is 18.7 Å². The lowest BCUT2D eigenvalue weighted by atomic mass is 10.2. The van der Waals surface area contributed by atoms with Crippen molar-refractivity contribution >= 4 is 17.7 Å². The Kier molecular flexibility index (Phi) is 6.08. The molecule has 1 aliphatic rings. The molecule has 0 saturated carbocycles. The Balaban J connectivity index is 1.36.